The lowest BCUT2D eigenvalue weighted by molar-refractivity contribution is -0.115. The Balaban J connectivity index is 1.98. The van der Waals surface area contributed by atoms with Crippen LogP contribution in [0.15, 0.2) is 59.2 Å². The third kappa shape index (κ3) is 2.99. The summed E-state index contributed by atoms with van der Waals surface area (Å²) in [6, 6.07) is 14.4. The van der Waals surface area contributed by atoms with Gasteiger partial charge in [-0.05, 0) is 35.9 Å². The van der Waals surface area contributed by atoms with Gasteiger partial charge in [-0.25, -0.2) is 4.99 Å². The van der Waals surface area contributed by atoms with Crippen molar-refractivity contribution in [3.8, 4) is 0 Å². The third-order valence-electron chi connectivity index (χ3n) is 2.98. The molecule has 3 rings (SSSR count). The molecule has 0 fully saturated rings. The second kappa shape index (κ2) is 5.72. The van der Waals surface area contributed by atoms with Crippen LogP contribution in [0.25, 0.3) is 6.08 Å². The number of aliphatic imine (C=N–C) groups is 1. The second-order valence-electron chi connectivity index (χ2n) is 4.48. The smallest absolute Gasteiger partial charge is 0.275 e. The molecule has 0 spiro atoms. The summed E-state index contributed by atoms with van der Waals surface area (Å²) in [5.41, 5.74) is 1.84. The molecular weight excluding hydrogens is 307 g/mol. The van der Waals surface area contributed by atoms with Crippen LogP contribution in [0.1, 0.15) is 11.1 Å². The standard InChI is InChI=1S/C16H10Cl2N2O/c17-11-5-3-4-10(8-11)9-14-16(21)20-15(19-14)12-6-1-2-7-13(12)18/h1-9H,(H,19,20,21)/b14-9+. The molecule has 1 aliphatic rings. The van der Waals surface area contributed by atoms with Crippen molar-refractivity contribution in [2.24, 2.45) is 4.99 Å². The molecule has 1 amide bonds. The predicted octanol–water partition coefficient (Wildman–Crippen LogP) is 3.91. The summed E-state index contributed by atoms with van der Waals surface area (Å²) in [6.45, 7) is 0. The van der Waals surface area contributed by atoms with Crippen molar-refractivity contribution < 1.29 is 4.79 Å². The molecule has 21 heavy (non-hydrogen) atoms. The van der Waals surface area contributed by atoms with E-state index in [9.17, 15) is 4.79 Å². The molecule has 5 heteroatoms. The first-order valence-electron chi connectivity index (χ1n) is 6.26. The maximum Gasteiger partial charge on any atom is 0.275 e. The summed E-state index contributed by atoms with van der Waals surface area (Å²) >= 11 is 12.0. The molecular formula is C16H10Cl2N2O. The molecule has 3 nitrogen and oxygen atoms in total. The van der Waals surface area contributed by atoms with Gasteiger partial charge in [0.25, 0.3) is 5.91 Å². The Bertz CT molecular complexity index is 781. The SMILES string of the molecule is O=C1NC(c2ccccc2Cl)=N/C1=C/c1cccc(Cl)c1. The normalized spacial score (nSPS) is 16.0. The van der Waals surface area contributed by atoms with E-state index in [1.807, 2.05) is 30.3 Å². The topological polar surface area (TPSA) is 41.5 Å². The predicted molar refractivity (Wildman–Crippen MR) is 85.6 cm³/mol. The van der Waals surface area contributed by atoms with Crippen LogP contribution < -0.4 is 5.32 Å². The highest BCUT2D eigenvalue weighted by atomic mass is 35.5. The Kier molecular flexibility index (Phi) is 3.78. The van der Waals surface area contributed by atoms with Crippen molar-refractivity contribution in [2.45, 2.75) is 0 Å². The van der Waals surface area contributed by atoms with Crippen LogP contribution in [-0.4, -0.2) is 11.7 Å². The number of halogens is 2. The van der Waals surface area contributed by atoms with E-state index in [1.165, 1.54) is 0 Å². The number of hydrogen-bond donors (Lipinski definition) is 1. The molecule has 0 radical (unpaired) electrons. The quantitative estimate of drug-likeness (QED) is 0.838. The van der Waals surface area contributed by atoms with E-state index in [2.05, 4.69) is 10.3 Å². The van der Waals surface area contributed by atoms with E-state index in [0.29, 0.717) is 27.1 Å². The molecule has 1 N–H and O–H groups in total. The molecule has 104 valence electrons. The van der Waals surface area contributed by atoms with Crippen molar-refractivity contribution in [3.05, 3.63) is 75.4 Å². The van der Waals surface area contributed by atoms with E-state index in [1.54, 1.807) is 24.3 Å². The van der Waals surface area contributed by atoms with Gasteiger partial charge in [0.05, 0.1) is 5.02 Å². The Hall–Kier alpha value is -2.10. The van der Waals surface area contributed by atoms with Crippen LogP contribution in [0.5, 0.6) is 0 Å². The maximum absolute atomic E-state index is 12.0. The summed E-state index contributed by atoms with van der Waals surface area (Å²) in [5, 5.41) is 3.87. The zero-order chi connectivity index (χ0) is 14.8. The van der Waals surface area contributed by atoms with Crippen LogP contribution in [0, 0.1) is 0 Å². The molecule has 1 heterocycles. The molecule has 0 bridgehead atoms. The van der Waals surface area contributed by atoms with Crippen molar-refractivity contribution in [1.82, 2.24) is 5.32 Å². The molecule has 0 unspecified atom stereocenters. The van der Waals surface area contributed by atoms with Gasteiger partial charge >= 0.3 is 0 Å². The van der Waals surface area contributed by atoms with Gasteiger partial charge in [-0.2, -0.15) is 0 Å². The van der Waals surface area contributed by atoms with Gasteiger partial charge in [-0.1, -0.05) is 47.5 Å². The van der Waals surface area contributed by atoms with Crippen LogP contribution in [0.3, 0.4) is 0 Å². The van der Waals surface area contributed by atoms with Crippen molar-refractivity contribution >= 4 is 41.0 Å². The number of amidine groups is 1. The lowest BCUT2D eigenvalue weighted by Gasteiger charge is -2.01. The largest absolute Gasteiger partial charge is 0.305 e. The molecule has 0 aliphatic carbocycles. The monoisotopic (exact) mass is 316 g/mol. The second-order valence-corrected chi connectivity index (χ2v) is 5.32. The zero-order valence-electron chi connectivity index (χ0n) is 10.8. The first-order chi connectivity index (χ1) is 10.1. The van der Waals surface area contributed by atoms with Crippen LogP contribution in [0.2, 0.25) is 10.0 Å². The van der Waals surface area contributed by atoms with Crippen LogP contribution in [0.4, 0.5) is 0 Å². The number of nitrogens with zero attached hydrogens (tertiary/aromatic N) is 1. The number of carbonyl (C=O) groups is 1. The average molecular weight is 317 g/mol. The Labute approximate surface area is 131 Å². The number of carbonyl (C=O) groups excluding carboxylic acids is 1. The van der Waals surface area contributed by atoms with Crippen LogP contribution in [-0.2, 0) is 4.79 Å². The fourth-order valence-electron chi connectivity index (χ4n) is 2.00. The summed E-state index contributed by atoms with van der Waals surface area (Å²) in [7, 11) is 0. The fraction of sp³-hybridized carbons (Fsp3) is 0. The molecule has 0 aromatic heterocycles. The van der Waals surface area contributed by atoms with E-state index >= 15 is 0 Å². The summed E-state index contributed by atoms with van der Waals surface area (Å²) in [4.78, 5) is 16.3. The lowest BCUT2D eigenvalue weighted by Crippen LogP contribution is -2.24. The van der Waals surface area contributed by atoms with E-state index in [4.69, 9.17) is 23.2 Å². The molecule has 0 saturated heterocycles. The number of rotatable bonds is 2. The number of benzene rings is 2. The fourth-order valence-corrected chi connectivity index (χ4v) is 2.43. The highest BCUT2D eigenvalue weighted by Gasteiger charge is 2.22. The first kappa shape index (κ1) is 13.9. The highest BCUT2D eigenvalue weighted by Crippen LogP contribution is 2.21. The maximum atomic E-state index is 12.0. The van der Waals surface area contributed by atoms with Gasteiger partial charge in [-0.15, -0.1) is 0 Å². The molecule has 1 aliphatic heterocycles. The van der Waals surface area contributed by atoms with Gasteiger partial charge in [-0.3, -0.25) is 4.79 Å². The Morgan fingerprint density at radius 3 is 2.62 bits per heavy atom. The van der Waals surface area contributed by atoms with Crippen molar-refractivity contribution in [2.75, 3.05) is 0 Å². The highest BCUT2D eigenvalue weighted by molar-refractivity contribution is 6.35. The zero-order valence-corrected chi connectivity index (χ0v) is 12.3. The average Bonchev–Trinajstić information content (AvgIpc) is 2.80. The molecule has 0 saturated carbocycles. The Morgan fingerprint density at radius 1 is 1.05 bits per heavy atom. The van der Waals surface area contributed by atoms with E-state index < -0.39 is 0 Å². The first-order valence-corrected chi connectivity index (χ1v) is 7.01. The molecule has 0 atom stereocenters. The summed E-state index contributed by atoms with van der Waals surface area (Å²) < 4.78 is 0. The third-order valence-corrected chi connectivity index (χ3v) is 3.54. The van der Waals surface area contributed by atoms with Crippen LogP contribution >= 0.6 is 23.2 Å². The number of hydrogen-bond acceptors (Lipinski definition) is 2. The minimum atomic E-state index is -0.259. The van der Waals surface area contributed by atoms with Crippen molar-refractivity contribution in [3.63, 3.8) is 0 Å². The molecule has 2 aromatic carbocycles. The van der Waals surface area contributed by atoms with E-state index in [0.717, 1.165) is 5.56 Å². The number of amides is 1. The van der Waals surface area contributed by atoms with Gasteiger partial charge in [0.15, 0.2) is 0 Å². The van der Waals surface area contributed by atoms with Gasteiger partial charge in [0.1, 0.15) is 11.5 Å². The Morgan fingerprint density at radius 2 is 1.86 bits per heavy atom. The minimum absolute atomic E-state index is 0.259. The summed E-state index contributed by atoms with van der Waals surface area (Å²) in [5.74, 6) is 0.198. The minimum Gasteiger partial charge on any atom is -0.305 e. The van der Waals surface area contributed by atoms with Gasteiger partial charge < -0.3 is 5.32 Å². The summed E-state index contributed by atoms with van der Waals surface area (Å²) in [6.07, 6.45) is 1.69. The molecule has 2 aromatic rings. The van der Waals surface area contributed by atoms with Gasteiger partial charge in [0.2, 0.25) is 0 Å². The van der Waals surface area contributed by atoms with Gasteiger partial charge in [0, 0.05) is 10.6 Å². The van der Waals surface area contributed by atoms with E-state index in [-0.39, 0.29) is 5.91 Å². The van der Waals surface area contributed by atoms with Crippen molar-refractivity contribution in [1.29, 1.82) is 0 Å². The number of nitrogens with one attached hydrogen (secondary N) is 1. The lowest BCUT2D eigenvalue weighted by atomic mass is 10.2.